The first-order valence-corrected chi connectivity index (χ1v) is 10.0. The van der Waals surface area contributed by atoms with Crippen LogP contribution in [-0.4, -0.2) is 42.0 Å². The number of carbonyl (C=O) groups excluding carboxylic acids is 1. The summed E-state index contributed by atoms with van der Waals surface area (Å²) in [6.45, 7) is 6.68. The third kappa shape index (κ3) is 4.84. The summed E-state index contributed by atoms with van der Waals surface area (Å²) in [5.74, 6) is 1.84. The van der Waals surface area contributed by atoms with Crippen LogP contribution in [0.3, 0.4) is 0 Å². The smallest absolute Gasteiger partial charge is 0.255 e. The van der Waals surface area contributed by atoms with E-state index < -0.39 is 0 Å². The molecular formula is C23H26N4O2. The summed E-state index contributed by atoms with van der Waals surface area (Å²) in [6, 6.07) is 15.4. The number of pyridine rings is 1. The molecule has 0 atom stereocenters. The number of nitrogens with one attached hydrogen (secondary N) is 1. The quantitative estimate of drug-likeness (QED) is 0.715. The third-order valence-corrected chi connectivity index (χ3v) is 5.27. The minimum Gasteiger partial charge on any atom is -0.468 e. The summed E-state index contributed by atoms with van der Waals surface area (Å²) in [5, 5.41) is 2.93. The molecule has 1 aliphatic heterocycles. The lowest BCUT2D eigenvalue weighted by Crippen LogP contribution is -2.30. The normalized spacial score (nSPS) is 15.1. The van der Waals surface area contributed by atoms with Crippen LogP contribution in [0.2, 0.25) is 0 Å². The van der Waals surface area contributed by atoms with Gasteiger partial charge in [0.15, 0.2) is 0 Å². The van der Waals surface area contributed by atoms with Crippen molar-refractivity contribution in [3.05, 3.63) is 77.9 Å². The van der Waals surface area contributed by atoms with E-state index in [2.05, 4.69) is 20.1 Å². The minimum atomic E-state index is -0.110. The highest BCUT2D eigenvalue weighted by atomic mass is 16.3. The second kappa shape index (κ2) is 8.92. The highest BCUT2D eigenvalue weighted by Crippen LogP contribution is 2.18. The van der Waals surface area contributed by atoms with Crippen molar-refractivity contribution in [2.75, 3.05) is 36.4 Å². The lowest BCUT2D eigenvalue weighted by Gasteiger charge is -2.22. The Hall–Kier alpha value is -3.12. The van der Waals surface area contributed by atoms with Gasteiger partial charge in [0, 0.05) is 31.7 Å². The topological polar surface area (TPSA) is 61.6 Å². The number of hydrogen-bond donors (Lipinski definition) is 1. The highest BCUT2D eigenvalue weighted by Gasteiger charge is 2.17. The summed E-state index contributed by atoms with van der Waals surface area (Å²) in [6.07, 6.45) is 4.54. The van der Waals surface area contributed by atoms with E-state index in [9.17, 15) is 4.79 Å². The van der Waals surface area contributed by atoms with E-state index in [0.717, 1.165) is 56.3 Å². The molecule has 6 nitrogen and oxygen atoms in total. The van der Waals surface area contributed by atoms with Crippen molar-refractivity contribution in [2.24, 2.45) is 0 Å². The van der Waals surface area contributed by atoms with Crippen molar-refractivity contribution in [3.8, 4) is 0 Å². The number of benzene rings is 1. The predicted molar refractivity (Wildman–Crippen MR) is 114 cm³/mol. The molecule has 150 valence electrons. The lowest BCUT2D eigenvalue weighted by atomic mass is 10.1. The number of nitrogens with zero attached hydrogens (tertiary/aromatic N) is 3. The van der Waals surface area contributed by atoms with E-state index >= 15 is 0 Å². The molecule has 1 amide bonds. The lowest BCUT2D eigenvalue weighted by molar-refractivity contribution is 0.102. The van der Waals surface area contributed by atoms with Crippen molar-refractivity contribution >= 4 is 17.4 Å². The maximum Gasteiger partial charge on any atom is 0.255 e. The van der Waals surface area contributed by atoms with Gasteiger partial charge in [0.1, 0.15) is 11.6 Å². The van der Waals surface area contributed by atoms with Gasteiger partial charge in [-0.2, -0.15) is 0 Å². The first-order valence-electron chi connectivity index (χ1n) is 10.0. The zero-order chi connectivity index (χ0) is 20.1. The van der Waals surface area contributed by atoms with Gasteiger partial charge >= 0.3 is 0 Å². The summed E-state index contributed by atoms with van der Waals surface area (Å²) in [5.41, 5.74) is 2.34. The van der Waals surface area contributed by atoms with Crippen LogP contribution in [0.1, 0.15) is 28.1 Å². The molecule has 0 aliphatic carbocycles. The molecule has 0 bridgehead atoms. The molecule has 1 N–H and O–H groups in total. The number of carbonyl (C=O) groups is 1. The van der Waals surface area contributed by atoms with E-state index in [1.165, 1.54) is 0 Å². The van der Waals surface area contributed by atoms with Gasteiger partial charge in [0.25, 0.3) is 5.91 Å². The zero-order valence-corrected chi connectivity index (χ0v) is 16.7. The van der Waals surface area contributed by atoms with Crippen LogP contribution < -0.4 is 10.2 Å². The standard InChI is InChI=1S/C23H26N4O2/c1-18-6-2-3-8-21(18)23(28)25-19-9-10-22(24-16-19)27-12-5-11-26(13-14-27)17-20-7-4-15-29-20/h2-4,6-10,15-16H,5,11-14,17H2,1H3,(H,25,28). The zero-order valence-electron chi connectivity index (χ0n) is 16.7. The number of furan rings is 1. The molecule has 3 aromatic rings. The fraction of sp³-hybridized carbons (Fsp3) is 0.304. The number of aromatic nitrogens is 1. The van der Waals surface area contributed by atoms with Gasteiger partial charge < -0.3 is 14.6 Å². The number of hydrogen-bond acceptors (Lipinski definition) is 5. The molecule has 3 heterocycles. The van der Waals surface area contributed by atoms with Crippen LogP contribution in [0.15, 0.2) is 65.4 Å². The van der Waals surface area contributed by atoms with E-state index in [0.29, 0.717) is 11.3 Å². The Labute approximate surface area is 171 Å². The van der Waals surface area contributed by atoms with Gasteiger partial charge in [-0.25, -0.2) is 4.98 Å². The Morgan fingerprint density at radius 2 is 1.97 bits per heavy atom. The van der Waals surface area contributed by atoms with Gasteiger partial charge in [-0.05, 0) is 49.2 Å². The predicted octanol–water partition coefficient (Wildman–Crippen LogP) is 3.95. The largest absolute Gasteiger partial charge is 0.468 e. The van der Waals surface area contributed by atoms with Gasteiger partial charge in [0.05, 0.1) is 24.7 Å². The first-order chi connectivity index (χ1) is 14.2. The second-order valence-corrected chi connectivity index (χ2v) is 7.37. The van der Waals surface area contributed by atoms with Crippen LogP contribution in [0, 0.1) is 6.92 Å². The SMILES string of the molecule is Cc1ccccc1C(=O)Nc1ccc(N2CCCN(Cc3ccco3)CC2)nc1. The maximum atomic E-state index is 12.5. The molecule has 6 heteroatoms. The van der Waals surface area contributed by atoms with Crippen LogP contribution in [0.5, 0.6) is 0 Å². The molecule has 1 aliphatic rings. The summed E-state index contributed by atoms with van der Waals surface area (Å²) in [4.78, 5) is 21.8. The van der Waals surface area contributed by atoms with Gasteiger partial charge in [-0.3, -0.25) is 9.69 Å². The van der Waals surface area contributed by atoms with E-state index in [-0.39, 0.29) is 5.91 Å². The van der Waals surface area contributed by atoms with E-state index in [1.54, 1.807) is 12.5 Å². The number of amides is 1. The van der Waals surface area contributed by atoms with Gasteiger partial charge in [-0.1, -0.05) is 18.2 Å². The Kier molecular flexibility index (Phi) is 5.91. The molecule has 4 rings (SSSR count). The van der Waals surface area contributed by atoms with Crippen molar-refractivity contribution in [3.63, 3.8) is 0 Å². The second-order valence-electron chi connectivity index (χ2n) is 7.37. The van der Waals surface area contributed by atoms with Gasteiger partial charge in [-0.15, -0.1) is 0 Å². The summed E-state index contributed by atoms with van der Waals surface area (Å²) < 4.78 is 5.47. The molecule has 1 aromatic carbocycles. The monoisotopic (exact) mass is 390 g/mol. The number of anilines is 2. The highest BCUT2D eigenvalue weighted by molar-refractivity contribution is 6.05. The number of aryl methyl sites for hydroxylation is 1. The maximum absolute atomic E-state index is 12.5. The molecule has 2 aromatic heterocycles. The third-order valence-electron chi connectivity index (χ3n) is 5.27. The van der Waals surface area contributed by atoms with E-state index in [1.807, 2.05) is 55.5 Å². The first kappa shape index (κ1) is 19.2. The average molecular weight is 390 g/mol. The fourth-order valence-corrected chi connectivity index (χ4v) is 3.65. The van der Waals surface area contributed by atoms with Crippen molar-refractivity contribution in [1.82, 2.24) is 9.88 Å². The average Bonchev–Trinajstić information content (AvgIpc) is 3.13. The molecule has 0 radical (unpaired) electrons. The molecule has 1 fully saturated rings. The van der Waals surface area contributed by atoms with E-state index in [4.69, 9.17) is 4.42 Å². The summed E-state index contributed by atoms with van der Waals surface area (Å²) in [7, 11) is 0. The van der Waals surface area contributed by atoms with Crippen LogP contribution >= 0.6 is 0 Å². The molecule has 0 saturated carbocycles. The van der Waals surface area contributed by atoms with Crippen molar-refractivity contribution in [1.29, 1.82) is 0 Å². The van der Waals surface area contributed by atoms with Crippen LogP contribution in [0.25, 0.3) is 0 Å². The minimum absolute atomic E-state index is 0.110. The summed E-state index contributed by atoms with van der Waals surface area (Å²) >= 11 is 0. The van der Waals surface area contributed by atoms with Crippen LogP contribution in [0.4, 0.5) is 11.5 Å². The Morgan fingerprint density at radius 3 is 2.72 bits per heavy atom. The molecule has 1 saturated heterocycles. The Bertz CT molecular complexity index is 938. The molecule has 29 heavy (non-hydrogen) atoms. The van der Waals surface area contributed by atoms with Crippen molar-refractivity contribution in [2.45, 2.75) is 19.9 Å². The Morgan fingerprint density at radius 1 is 1.07 bits per heavy atom. The molecule has 0 spiro atoms. The fourth-order valence-electron chi connectivity index (χ4n) is 3.65. The molecule has 0 unspecified atom stereocenters. The van der Waals surface area contributed by atoms with Crippen LogP contribution in [-0.2, 0) is 6.54 Å². The Balaban J connectivity index is 1.35. The number of rotatable bonds is 5. The molecular weight excluding hydrogens is 364 g/mol. The van der Waals surface area contributed by atoms with Gasteiger partial charge in [0.2, 0.25) is 0 Å². The van der Waals surface area contributed by atoms with Crippen molar-refractivity contribution < 1.29 is 9.21 Å².